The van der Waals surface area contributed by atoms with Crippen LogP contribution in [0.4, 0.5) is 10.3 Å². The van der Waals surface area contributed by atoms with Crippen molar-refractivity contribution < 1.29 is 65.4 Å². The molecule has 0 radical (unpaired) electrons. The number of rotatable bonds is 10. The highest BCUT2D eigenvalue weighted by molar-refractivity contribution is 7.66. The molecule has 0 saturated carbocycles. The molecule has 2 unspecified atom stereocenters. The van der Waals surface area contributed by atoms with E-state index in [-0.39, 0.29) is 29.6 Å². The predicted octanol–water partition coefficient (Wildman–Crippen LogP) is 0.313. The summed E-state index contributed by atoms with van der Waals surface area (Å²) in [5, 5.41) is 7.17. The van der Waals surface area contributed by atoms with Crippen molar-refractivity contribution in [2.75, 3.05) is 18.9 Å². The van der Waals surface area contributed by atoms with E-state index in [9.17, 15) is 23.7 Å². The zero-order chi connectivity index (χ0) is 26.4. The number of hydrogen-bond acceptors (Lipinski definition) is 13. The van der Waals surface area contributed by atoms with Gasteiger partial charge in [0.25, 0.3) is 5.13 Å². The quantitative estimate of drug-likeness (QED) is 0.161. The highest BCUT2D eigenvalue weighted by atomic mass is 35.5. The van der Waals surface area contributed by atoms with E-state index in [0.717, 1.165) is 10.9 Å². The minimum Gasteiger partial charge on any atom is -0.476 e. The van der Waals surface area contributed by atoms with Gasteiger partial charge < -0.3 is 39.9 Å². The van der Waals surface area contributed by atoms with E-state index in [1.807, 2.05) is 0 Å². The van der Waals surface area contributed by atoms with Gasteiger partial charge in [0.1, 0.15) is 12.2 Å². The third-order valence-electron chi connectivity index (χ3n) is 4.14. The van der Waals surface area contributed by atoms with E-state index in [2.05, 4.69) is 28.1 Å². The molecule has 0 amide bonds. The first-order chi connectivity index (χ1) is 16.0. The molecule has 3 rings (SSSR count). The predicted molar refractivity (Wildman–Crippen MR) is 110 cm³/mol. The van der Waals surface area contributed by atoms with Crippen LogP contribution in [0.15, 0.2) is 6.33 Å². The second-order valence-corrected chi connectivity index (χ2v) is 11.7. The maximum absolute atomic E-state index is 15.3. The lowest BCUT2D eigenvalue weighted by atomic mass is 10.1. The van der Waals surface area contributed by atoms with Gasteiger partial charge in [-0.1, -0.05) is 11.6 Å². The molecule has 1 aliphatic rings. The Hall–Kier alpha value is -1.30. The Morgan fingerprint density at radius 2 is 1.89 bits per heavy atom. The molecule has 1 saturated heterocycles. The zero-order valence-electron chi connectivity index (χ0n) is 17.2. The lowest BCUT2D eigenvalue weighted by molar-refractivity contribution is -0.0473. The van der Waals surface area contributed by atoms with Crippen molar-refractivity contribution in [3.8, 4) is 5.88 Å². The molecule has 198 valence electrons. The second kappa shape index (κ2) is 9.87. The smallest absolute Gasteiger partial charge is 0.476 e. The van der Waals surface area contributed by atoms with Crippen LogP contribution in [-0.2, 0) is 31.6 Å². The summed E-state index contributed by atoms with van der Waals surface area (Å²) in [4.78, 5) is 47.5. The van der Waals surface area contributed by atoms with Crippen LogP contribution in [0.3, 0.4) is 0 Å². The Kier molecular flexibility index (Phi) is 7.97. The molecule has 7 N–H and O–H groups in total. The van der Waals surface area contributed by atoms with Crippen LogP contribution < -0.4 is 10.5 Å². The minimum atomic E-state index is -5.79. The van der Waals surface area contributed by atoms with Crippen molar-refractivity contribution >= 4 is 52.2 Å². The fraction of sp³-hybridized carbons (Fsp3) is 0.583. The number of aromatic nitrogens is 4. The summed E-state index contributed by atoms with van der Waals surface area (Å²) in [7, 11) is -17.0. The van der Waals surface area contributed by atoms with E-state index in [0.29, 0.717) is 0 Å². The molecule has 2 aromatic rings. The SMILES string of the molecule is CCOc1nc(N)nc2c1ncn2[C@@H]1O[C@H](COP(=O)(O)OP(=O)(O)OP(=O)(O)O)[C@@H](O)[C@]1(F)Cl. The lowest BCUT2D eigenvalue weighted by Crippen LogP contribution is -2.38. The van der Waals surface area contributed by atoms with Crippen LogP contribution >= 0.6 is 35.1 Å². The maximum Gasteiger partial charge on any atom is 0.490 e. The van der Waals surface area contributed by atoms with Gasteiger partial charge in [0.15, 0.2) is 17.4 Å². The summed E-state index contributed by atoms with van der Waals surface area (Å²) in [6.07, 6.45) is -4.83. The summed E-state index contributed by atoms with van der Waals surface area (Å²) in [6.45, 7) is 0.682. The van der Waals surface area contributed by atoms with Crippen molar-refractivity contribution in [1.29, 1.82) is 0 Å². The highest BCUT2D eigenvalue weighted by Crippen LogP contribution is 2.66. The summed E-state index contributed by atoms with van der Waals surface area (Å²) in [6, 6.07) is 0. The van der Waals surface area contributed by atoms with Gasteiger partial charge in [-0.05, 0) is 6.92 Å². The number of phosphoric ester groups is 1. The molecule has 18 nitrogen and oxygen atoms in total. The van der Waals surface area contributed by atoms with Gasteiger partial charge in [0.05, 0.1) is 19.5 Å². The first-order valence-electron chi connectivity index (χ1n) is 9.08. The summed E-state index contributed by atoms with van der Waals surface area (Å²) >= 11 is 5.83. The Labute approximate surface area is 199 Å². The van der Waals surface area contributed by atoms with E-state index >= 15 is 4.39 Å². The molecular formula is C12H18ClFN5O13P3. The fourth-order valence-corrected chi connectivity index (χ4v) is 6.22. The topological polar surface area (TPSA) is 268 Å². The van der Waals surface area contributed by atoms with Crippen LogP contribution in [-0.4, -0.2) is 74.7 Å². The van der Waals surface area contributed by atoms with Gasteiger partial charge in [0, 0.05) is 0 Å². The molecule has 0 aromatic carbocycles. The van der Waals surface area contributed by atoms with E-state index in [1.54, 1.807) is 6.92 Å². The fourth-order valence-electron chi connectivity index (χ4n) is 2.89. The molecule has 23 heteroatoms. The van der Waals surface area contributed by atoms with Crippen LogP contribution in [0.5, 0.6) is 5.88 Å². The highest BCUT2D eigenvalue weighted by Gasteiger charge is 2.58. The van der Waals surface area contributed by atoms with Gasteiger partial charge in [-0.3, -0.25) is 9.09 Å². The number of imidazole rings is 1. The summed E-state index contributed by atoms with van der Waals surface area (Å²) in [5.74, 6) is -0.306. The largest absolute Gasteiger partial charge is 0.490 e. The third kappa shape index (κ3) is 6.53. The van der Waals surface area contributed by atoms with Gasteiger partial charge in [-0.15, -0.1) is 0 Å². The van der Waals surface area contributed by atoms with Crippen molar-refractivity contribution in [3.63, 3.8) is 0 Å². The third-order valence-corrected chi connectivity index (χ3v) is 8.35. The molecule has 0 spiro atoms. The first kappa shape index (κ1) is 28.3. The van der Waals surface area contributed by atoms with E-state index in [1.165, 1.54) is 0 Å². The van der Waals surface area contributed by atoms with E-state index in [4.69, 9.17) is 41.5 Å². The van der Waals surface area contributed by atoms with Crippen molar-refractivity contribution in [1.82, 2.24) is 19.5 Å². The second-order valence-electron chi connectivity index (χ2n) is 6.68. The molecule has 35 heavy (non-hydrogen) atoms. The minimum absolute atomic E-state index is 0.0319. The Balaban J connectivity index is 1.80. The molecule has 6 atom stereocenters. The number of anilines is 1. The number of nitrogens with two attached hydrogens (primary N) is 1. The van der Waals surface area contributed by atoms with Gasteiger partial charge in [-0.2, -0.15) is 18.6 Å². The number of halogens is 2. The average Bonchev–Trinajstić information content (AvgIpc) is 3.17. The monoisotopic (exact) mass is 587 g/mol. The number of phosphoric acid groups is 3. The van der Waals surface area contributed by atoms with Crippen LogP contribution in [0, 0.1) is 0 Å². The van der Waals surface area contributed by atoms with Crippen LogP contribution in [0.1, 0.15) is 13.2 Å². The molecular weight excluding hydrogens is 570 g/mol. The zero-order valence-corrected chi connectivity index (χ0v) is 20.6. The standard InChI is InChI=1S/C12H18ClFN5O13P3/c1-2-28-9-6-8(17-11(15)18-9)19(4-16-6)10-12(13,14)7(20)5(30-10)3-29-34(24,25)32-35(26,27)31-33(21,22)23/h4-5,7,10,20H,2-3H2,1H3,(H,24,25)(H,26,27)(H2,15,17,18)(H2,21,22,23)/t5-,7-,10-,12-/m1/s1. The van der Waals surface area contributed by atoms with Gasteiger partial charge in [0.2, 0.25) is 11.8 Å². The molecule has 0 aliphatic carbocycles. The van der Waals surface area contributed by atoms with E-state index < -0.39 is 53.6 Å². The number of aliphatic hydroxyl groups excluding tert-OH is 1. The Morgan fingerprint density at radius 1 is 1.23 bits per heavy atom. The van der Waals surface area contributed by atoms with Gasteiger partial charge in [-0.25, -0.2) is 23.1 Å². The number of alkyl halides is 2. The summed E-state index contributed by atoms with van der Waals surface area (Å²) in [5.41, 5.74) is 5.58. The number of nitrogens with zero attached hydrogens (tertiary/aromatic N) is 4. The Bertz CT molecular complexity index is 1240. The van der Waals surface area contributed by atoms with Crippen molar-refractivity contribution in [3.05, 3.63) is 6.33 Å². The molecule has 0 bridgehead atoms. The molecule has 1 fully saturated rings. The summed E-state index contributed by atoms with van der Waals surface area (Å²) < 4.78 is 72.2. The maximum atomic E-state index is 15.3. The molecule has 3 heterocycles. The average molecular weight is 588 g/mol. The van der Waals surface area contributed by atoms with Crippen LogP contribution in [0.25, 0.3) is 11.2 Å². The number of fused-ring (bicyclic) bond motifs is 1. The molecule has 2 aromatic heterocycles. The number of aliphatic hydroxyl groups is 1. The number of hydrogen-bond donors (Lipinski definition) is 6. The molecule has 1 aliphatic heterocycles. The van der Waals surface area contributed by atoms with Gasteiger partial charge >= 0.3 is 23.5 Å². The van der Waals surface area contributed by atoms with Crippen molar-refractivity contribution in [2.45, 2.75) is 30.5 Å². The lowest BCUT2D eigenvalue weighted by Gasteiger charge is -2.22. The van der Waals surface area contributed by atoms with Crippen molar-refractivity contribution in [2.24, 2.45) is 0 Å². The normalized spacial score (nSPS) is 28.6. The number of ether oxygens (including phenoxy) is 2. The van der Waals surface area contributed by atoms with Crippen LogP contribution in [0.2, 0.25) is 0 Å². The first-order valence-corrected chi connectivity index (χ1v) is 14.0. The Morgan fingerprint density at radius 3 is 2.49 bits per heavy atom. The number of nitrogen functional groups attached to an aromatic ring is 1.